The Morgan fingerprint density at radius 3 is 2.56 bits per heavy atom. The largest absolute Gasteiger partial charge is 0.493 e. The number of thioether (sulfide) groups is 1. The van der Waals surface area contributed by atoms with Crippen molar-refractivity contribution in [2.45, 2.75) is 4.90 Å². The van der Waals surface area contributed by atoms with Gasteiger partial charge in [0.1, 0.15) is 4.90 Å². The predicted molar refractivity (Wildman–Crippen MR) is 107 cm³/mol. The zero-order chi connectivity index (χ0) is 19.4. The van der Waals surface area contributed by atoms with Gasteiger partial charge in [-0.2, -0.15) is 18.5 Å². The number of ether oxygens (including phenoxy) is 1. The van der Waals surface area contributed by atoms with Gasteiger partial charge in [0.2, 0.25) is 0 Å². The molecule has 10 heteroatoms. The first kappa shape index (κ1) is 19.3. The van der Waals surface area contributed by atoms with Crippen molar-refractivity contribution >= 4 is 50.5 Å². The van der Waals surface area contributed by atoms with Crippen LogP contribution in [0.15, 0.2) is 58.5 Å². The van der Waals surface area contributed by atoms with Crippen LogP contribution in [-0.4, -0.2) is 42.7 Å². The zero-order valence-electron chi connectivity index (χ0n) is 14.1. The lowest BCUT2D eigenvalue weighted by Crippen LogP contribution is -2.22. The number of benzene rings is 2. The molecule has 2 aromatic carbocycles. The van der Waals surface area contributed by atoms with Crippen molar-refractivity contribution in [3.05, 3.63) is 54.1 Å². The Morgan fingerprint density at radius 2 is 1.93 bits per heavy atom. The summed E-state index contributed by atoms with van der Waals surface area (Å²) in [5.74, 6) is 0.330. The maximum atomic E-state index is 12.4. The fraction of sp³-hybridized carbons (Fsp3) is 0.118. The number of hydrogen-bond acceptors (Lipinski definition) is 8. The summed E-state index contributed by atoms with van der Waals surface area (Å²) < 4.78 is 35.5. The maximum Gasteiger partial charge on any atom is 0.339 e. The van der Waals surface area contributed by atoms with Crippen LogP contribution >= 0.6 is 24.0 Å². The van der Waals surface area contributed by atoms with E-state index < -0.39 is 10.1 Å². The van der Waals surface area contributed by atoms with Crippen LogP contribution in [0.3, 0.4) is 0 Å². The Labute approximate surface area is 166 Å². The molecule has 0 unspecified atom stereocenters. The summed E-state index contributed by atoms with van der Waals surface area (Å²) in [6.07, 6.45) is 1.44. The first-order valence-electron chi connectivity index (χ1n) is 7.62. The van der Waals surface area contributed by atoms with Crippen LogP contribution in [0.25, 0.3) is 0 Å². The van der Waals surface area contributed by atoms with Gasteiger partial charge >= 0.3 is 10.1 Å². The van der Waals surface area contributed by atoms with Gasteiger partial charge in [0.25, 0.3) is 5.91 Å². The number of carbonyl (C=O) groups excluding carboxylic acids is 1. The van der Waals surface area contributed by atoms with Crippen molar-refractivity contribution in [3.63, 3.8) is 0 Å². The van der Waals surface area contributed by atoms with E-state index in [9.17, 15) is 13.2 Å². The van der Waals surface area contributed by atoms with Crippen molar-refractivity contribution < 1.29 is 22.1 Å². The van der Waals surface area contributed by atoms with E-state index in [0.717, 1.165) is 5.01 Å². The summed E-state index contributed by atoms with van der Waals surface area (Å²) in [6, 6.07) is 12.4. The monoisotopic (exact) mass is 422 g/mol. The second-order valence-corrected chi connectivity index (χ2v) is 8.42. The number of nitrogens with zero attached hydrogens (tertiary/aromatic N) is 2. The molecular weight excluding hydrogens is 408 g/mol. The van der Waals surface area contributed by atoms with Crippen molar-refractivity contribution in [1.82, 2.24) is 5.01 Å². The summed E-state index contributed by atoms with van der Waals surface area (Å²) in [4.78, 5) is 11.7. The lowest BCUT2D eigenvalue weighted by atomic mass is 10.2. The van der Waals surface area contributed by atoms with Gasteiger partial charge in [-0.05, 0) is 35.9 Å². The van der Waals surface area contributed by atoms with Crippen molar-refractivity contribution in [2.75, 3.05) is 12.9 Å². The molecule has 3 rings (SSSR count). The van der Waals surface area contributed by atoms with Crippen LogP contribution in [0.1, 0.15) is 5.56 Å². The van der Waals surface area contributed by atoms with Gasteiger partial charge in [0, 0.05) is 0 Å². The zero-order valence-corrected chi connectivity index (χ0v) is 16.5. The van der Waals surface area contributed by atoms with E-state index in [1.807, 2.05) is 0 Å². The summed E-state index contributed by atoms with van der Waals surface area (Å²) in [7, 11) is -2.59. The van der Waals surface area contributed by atoms with E-state index >= 15 is 0 Å². The molecular formula is C17H14N2O5S3. The highest BCUT2D eigenvalue weighted by molar-refractivity contribution is 8.23. The SMILES string of the molecule is COc1cc(/C=N\N2C(=O)CSC2=S)ccc1OS(=O)(=O)c1ccccc1. The van der Waals surface area contributed by atoms with Crippen molar-refractivity contribution in [3.8, 4) is 11.5 Å². The van der Waals surface area contributed by atoms with Crippen molar-refractivity contribution in [2.24, 2.45) is 5.10 Å². The maximum absolute atomic E-state index is 12.4. The van der Waals surface area contributed by atoms with Gasteiger partial charge in [0.15, 0.2) is 15.8 Å². The van der Waals surface area contributed by atoms with E-state index in [1.165, 1.54) is 43.3 Å². The molecule has 0 aliphatic carbocycles. The Morgan fingerprint density at radius 1 is 1.19 bits per heavy atom. The smallest absolute Gasteiger partial charge is 0.339 e. The highest BCUT2D eigenvalue weighted by Crippen LogP contribution is 2.30. The molecule has 0 bridgehead atoms. The molecule has 0 aromatic heterocycles. The standard InChI is InChI=1S/C17H14N2O5S3/c1-23-15-9-12(10-18-19-16(20)11-26-17(19)25)7-8-14(15)24-27(21,22)13-5-3-2-4-6-13/h2-10H,11H2,1H3/b18-10-. The minimum Gasteiger partial charge on any atom is -0.493 e. The second kappa shape index (κ2) is 8.07. The average molecular weight is 423 g/mol. The number of hydrazone groups is 1. The fourth-order valence-electron chi connectivity index (χ4n) is 2.17. The average Bonchev–Trinajstić information content (AvgIpc) is 2.99. The highest BCUT2D eigenvalue weighted by atomic mass is 32.2. The van der Waals surface area contributed by atoms with Gasteiger partial charge in [-0.25, -0.2) is 0 Å². The molecule has 1 aliphatic heterocycles. The first-order valence-corrected chi connectivity index (χ1v) is 10.4. The Kier molecular flexibility index (Phi) is 5.78. The molecule has 7 nitrogen and oxygen atoms in total. The number of rotatable bonds is 6. The van der Waals surface area contributed by atoms with E-state index in [4.69, 9.17) is 21.1 Å². The number of hydrogen-bond donors (Lipinski definition) is 0. The van der Waals surface area contributed by atoms with Gasteiger partial charge in [0.05, 0.1) is 19.1 Å². The molecule has 1 fully saturated rings. The van der Waals surface area contributed by atoms with E-state index in [-0.39, 0.29) is 28.1 Å². The third kappa shape index (κ3) is 4.46. The molecule has 0 saturated carbocycles. The van der Waals surface area contributed by atoms with Crippen LogP contribution in [0, 0.1) is 0 Å². The molecule has 0 atom stereocenters. The van der Waals surface area contributed by atoms with Gasteiger partial charge < -0.3 is 8.92 Å². The molecule has 1 amide bonds. The molecule has 0 N–H and O–H groups in total. The minimum absolute atomic E-state index is 0.0382. The summed E-state index contributed by atoms with van der Waals surface area (Å²) >= 11 is 6.30. The third-order valence-electron chi connectivity index (χ3n) is 3.47. The van der Waals surface area contributed by atoms with Crippen LogP contribution in [-0.2, 0) is 14.9 Å². The summed E-state index contributed by atoms with van der Waals surface area (Å²) in [6.45, 7) is 0. The number of amides is 1. The van der Waals surface area contributed by atoms with Crippen LogP contribution in [0.5, 0.6) is 11.5 Å². The summed E-state index contributed by atoms with van der Waals surface area (Å²) in [5, 5.41) is 5.21. The molecule has 1 aliphatic rings. The third-order valence-corrected chi connectivity index (χ3v) is 6.06. The normalized spacial score (nSPS) is 14.8. The van der Waals surface area contributed by atoms with E-state index in [2.05, 4.69) is 5.10 Å². The first-order chi connectivity index (χ1) is 12.9. The van der Waals surface area contributed by atoms with Gasteiger partial charge in [-0.15, -0.1) is 0 Å². The van der Waals surface area contributed by atoms with Crippen LogP contribution < -0.4 is 8.92 Å². The lowest BCUT2D eigenvalue weighted by molar-refractivity contribution is -0.123. The quantitative estimate of drug-likeness (QED) is 0.402. The Hall–Kier alpha value is -2.43. The minimum atomic E-state index is -3.99. The molecule has 2 aromatic rings. The molecule has 27 heavy (non-hydrogen) atoms. The fourth-order valence-corrected chi connectivity index (χ4v) is 4.10. The van der Waals surface area contributed by atoms with Gasteiger partial charge in [-0.1, -0.05) is 42.2 Å². The van der Waals surface area contributed by atoms with E-state index in [1.54, 1.807) is 30.3 Å². The molecule has 1 saturated heterocycles. The summed E-state index contributed by atoms with van der Waals surface area (Å²) in [5.41, 5.74) is 0.587. The van der Waals surface area contributed by atoms with E-state index in [0.29, 0.717) is 9.88 Å². The molecule has 140 valence electrons. The van der Waals surface area contributed by atoms with Crippen LogP contribution in [0.2, 0.25) is 0 Å². The Balaban J connectivity index is 1.82. The topological polar surface area (TPSA) is 85.3 Å². The molecule has 0 spiro atoms. The van der Waals surface area contributed by atoms with Crippen molar-refractivity contribution in [1.29, 1.82) is 0 Å². The number of thiocarbonyl (C=S) groups is 1. The number of methoxy groups -OCH3 is 1. The highest BCUT2D eigenvalue weighted by Gasteiger charge is 2.26. The predicted octanol–water partition coefficient (Wildman–Crippen LogP) is 2.66. The van der Waals surface area contributed by atoms with Crippen LogP contribution in [0.4, 0.5) is 0 Å². The Bertz CT molecular complexity index is 990. The lowest BCUT2D eigenvalue weighted by Gasteiger charge is -2.11. The van der Waals surface area contributed by atoms with Gasteiger partial charge in [-0.3, -0.25) is 4.79 Å². The molecule has 1 heterocycles. The number of carbonyl (C=O) groups is 1. The second-order valence-electron chi connectivity index (χ2n) is 5.27. The molecule has 0 radical (unpaired) electrons.